The van der Waals surface area contributed by atoms with Gasteiger partial charge in [-0.2, -0.15) is 4.80 Å². The highest BCUT2D eigenvalue weighted by Gasteiger charge is 2.26. The Morgan fingerprint density at radius 2 is 1.91 bits per heavy atom. The van der Waals surface area contributed by atoms with E-state index in [0.717, 1.165) is 18.4 Å². The average Bonchev–Trinajstić information content (AvgIpc) is 3.28. The Balaban J connectivity index is 1.41. The molecule has 1 amide bonds. The molecule has 0 aliphatic heterocycles. The van der Waals surface area contributed by atoms with Crippen molar-refractivity contribution in [3.8, 4) is 11.4 Å². The number of nitrogens with zero attached hydrogens (tertiary/aromatic N) is 5. The number of pyridine rings is 1. The molecule has 0 unspecified atom stereocenters. The first-order chi connectivity index (χ1) is 16.3. The third kappa shape index (κ3) is 5.62. The molecule has 1 aromatic carbocycles. The van der Waals surface area contributed by atoms with Gasteiger partial charge in [-0.25, -0.2) is 9.37 Å². The van der Waals surface area contributed by atoms with Crippen LogP contribution in [-0.4, -0.2) is 42.2 Å². The van der Waals surface area contributed by atoms with Gasteiger partial charge in [0.25, 0.3) is 5.91 Å². The lowest BCUT2D eigenvalue weighted by atomic mass is 9.82. The van der Waals surface area contributed by atoms with Gasteiger partial charge < -0.3 is 10.4 Å². The quantitative estimate of drug-likeness (QED) is 0.548. The van der Waals surface area contributed by atoms with E-state index in [9.17, 15) is 14.0 Å². The predicted molar refractivity (Wildman–Crippen MR) is 121 cm³/mol. The molecule has 0 radical (unpaired) electrons. The van der Waals surface area contributed by atoms with E-state index in [1.165, 1.54) is 10.9 Å². The molecule has 3 aromatic rings. The number of aromatic nitrogens is 5. The zero-order valence-electron chi connectivity index (χ0n) is 19.2. The van der Waals surface area contributed by atoms with Crippen molar-refractivity contribution in [3.05, 3.63) is 58.7 Å². The standard InChI is InChI=1S/C24H27FN6O3/c1-14-9-17(5-8-20(14)25)12-26-23(32)21-11-19(10-15(2)27-21)22-28-30-31(29-22)13-16-3-6-18(7-4-16)24(33)34/h5,8-11,16,18H,3-4,6-7,12-13H2,1-2H3,(H,26,32)(H,33,34). The topological polar surface area (TPSA) is 123 Å². The number of carboxylic acid groups (broad SMARTS) is 1. The number of hydrogen-bond acceptors (Lipinski definition) is 6. The van der Waals surface area contributed by atoms with Gasteiger partial charge in [0.1, 0.15) is 11.5 Å². The maximum Gasteiger partial charge on any atom is 0.306 e. The van der Waals surface area contributed by atoms with E-state index in [2.05, 4.69) is 25.7 Å². The molecule has 1 fully saturated rings. The lowest BCUT2D eigenvalue weighted by Gasteiger charge is -2.25. The van der Waals surface area contributed by atoms with Gasteiger partial charge in [-0.1, -0.05) is 12.1 Å². The van der Waals surface area contributed by atoms with Crippen molar-refractivity contribution in [2.24, 2.45) is 11.8 Å². The van der Waals surface area contributed by atoms with Gasteiger partial charge in [0.05, 0.1) is 12.5 Å². The SMILES string of the molecule is Cc1cc(-c2nnn(CC3CCC(C(=O)O)CC3)n2)cc(C(=O)NCc2ccc(F)c(C)c2)n1. The van der Waals surface area contributed by atoms with Crippen LogP contribution in [0.25, 0.3) is 11.4 Å². The molecule has 10 heteroatoms. The van der Waals surface area contributed by atoms with Crippen molar-refractivity contribution in [1.82, 2.24) is 30.5 Å². The van der Waals surface area contributed by atoms with Gasteiger partial charge >= 0.3 is 5.97 Å². The van der Waals surface area contributed by atoms with Crippen LogP contribution in [0.3, 0.4) is 0 Å². The van der Waals surface area contributed by atoms with Gasteiger partial charge in [-0.3, -0.25) is 9.59 Å². The number of hydrogen-bond donors (Lipinski definition) is 2. The number of carboxylic acids is 1. The molecular formula is C24H27FN6O3. The maximum absolute atomic E-state index is 13.5. The van der Waals surface area contributed by atoms with Crippen LogP contribution < -0.4 is 5.32 Å². The van der Waals surface area contributed by atoms with Gasteiger partial charge in [-0.05, 0) is 80.0 Å². The molecule has 2 N–H and O–H groups in total. The fourth-order valence-electron chi connectivity index (χ4n) is 4.26. The highest BCUT2D eigenvalue weighted by molar-refractivity contribution is 5.93. The first-order valence-electron chi connectivity index (χ1n) is 11.3. The first-order valence-corrected chi connectivity index (χ1v) is 11.3. The molecule has 0 spiro atoms. The summed E-state index contributed by atoms with van der Waals surface area (Å²) in [5.74, 6) is -0.906. The summed E-state index contributed by atoms with van der Waals surface area (Å²) in [6.07, 6.45) is 2.97. The number of carbonyl (C=O) groups is 2. The Morgan fingerprint density at radius 3 is 2.62 bits per heavy atom. The van der Waals surface area contributed by atoms with E-state index in [4.69, 9.17) is 5.11 Å². The highest BCUT2D eigenvalue weighted by Crippen LogP contribution is 2.29. The van der Waals surface area contributed by atoms with Crippen molar-refractivity contribution in [1.29, 1.82) is 0 Å². The molecule has 0 atom stereocenters. The monoisotopic (exact) mass is 466 g/mol. The molecule has 4 rings (SSSR count). The number of aliphatic carboxylic acids is 1. The van der Waals surface area contributed by atoms with Crippen LogP contribution in [0.1, 0.15) is 53.0 Å². The van der Waals surface area contributed by atoms with Crippen molar-refractivity contribution in [2.75, 3.05) is 0 Å². The smallest absolute Gasteiger partial charge is 0.306 e. The molecular weight excluding hydrogens is 439 g/mol. The van der Waals surface area contributed by atoms with Crippen molar-refractivity contribution < 1.29 is 19.1 Å². The van der Waals surface area contributed by atoms with E-state index in [-0.39, 0.29) is 29.9 Å². The third-order valence-electron chi connectivity index (χ3n) is 6.19. The molecule has 1 aliphatic carbocycles. The molecule has 9 nitrogen and oxygen atoms in total. The Kier molecular flexibility index (Phi) is 6.95. The van der Waals surface area contributed by atoms with Crippen molar-refractivity contribution in [2.45, 2.75) is 52.6 Å². The van der Waals surface area contributed by atoms with Crippen LogP contribution in [0, 0.1) is 31.5 Å². The second kappa shape index (κ2) is 10.1. The van der Waals surface area contributed by atoms with Gasteiger partial charge in [-0.15, -0.1) is 10.2 Å². The number of aryl methyl sites for hydroxylation is 2. The third-order valence-corrected chi connectivity index (χ3v) is 6.19. The summed E-state index contributed by atoms with van der Waals surface area (Å²) in [4.78, 5) is 29.7. The van der Waals surface area contributed by atoms with E-state index in [0.29, 0.717) is 47.9 Å². The van der Waals surface area contributed by atoms with Gasteiger partial charge in [0, 0.05) is 17.8 Å². The normalized spacial score (nSPS) is 18.0. The number of carbonyl (C=O) groups excluding carboxylic acids is 1. The van der Waals surface area contributed by atoms with Gasteiger partial charge in [0.2, 0.25) is 5.82 Å². The van der Waals surface area contributed by atoms with Crippen molar-refractivity contribution in [3.63, 3.8) is 0 Å². The largest absolute Gasteiger partial charge is 0.481 e. The molecule has 34 heavy (non-hydrogen) atoms. The minimum atomic E-state index is -0.722. The number of amides is 1. The number of benzene rings is 1. The summed E-state index contributed by atoms with van der Waals surface area (Å²) in [7, 11) is 0. The maximum atomic E-state index is 13.5. The second-order valence-corrected chi connectivity index (χ2v) is 8.87. The molecule has 1 saturated carbocycles. The first kappa shape index (κ1) is 23.5. The number of tetrazole rings is 1. The highest BCUT2D eigenvalue weighted by atomic mass is 19.1. The molecule has 0 bridgehead atoms. The molecule has 0 saturated heterocycles. The summed E-state index contributed by atoms with van der Waals surface area (Å²) in [6, 6.07) is 8.12. The Morgan fingerprint density at radius 1 is 1.15 bits per heavy atom. The van der Waals surface area contributed by atoms with Crippen LogP contribution in [0.4, 0.5) is 4.39 Å². The fraction of sp³-hybridized carbons (Fsp3) is 0.417. The van der Waals surface area contributed by atoms with E-state index >= 15 is 0 Å². The summed E-state index contributed by atoms with van der Waals surface area (Å²) >= 11 is 0. The molecule has 178 valence electrons. The Hall–Kier alpha value is -3.69. The molecule has 2 aromatic heterocycles. The average molecular weight is 467 g/mol. The summed E-state index contributed by atoms with van der Waals surface area (Å²) in [5, 5.41) is 24.7. The number of halogens is 1. The van der Waals surface area contributed by atoms with E-state index < -0.39 is 5.97 Å². The van der Waals surface area contributed by atoms with E-state index in [1.54, 1.807) is 38.1 Å². The number of nitrogens with one attached hydrogen (secondary N) is 1. The summed E-state index contributed by atoms with van der Waals surface area (Å²) in [6.45, 7) is 4.29. The fourth-order valence-corrected chi connectivity index (χ4v) is 4.26. The minimum absolute atomic E-state index is 0.233. The van der Waals surface area contributed by atoms with Crippen LogP contribution in [0.15, 0.2) is 30.3 Å². The van der Waals surface area contributed by atoms with Crippen LogP contribution in [-0.2, 0) is 17.9 Å². The van der Waals surface area contributed by atoms with Gasteiger partial charge in [0.15, 0.2) is 0 Å². The molecule has 1 aliphatic rings. The van der Waals surface area contributed by atoms with Crippen LogP contribution in [0.5, 0.6) is 0 Å². The Bertz CT molecular complexity index is 1200. The van der Waals surface area contributed by atoms with E-state index in [1.807, 2.05) is 0 Å². The second-order valence-electron chi connectivity index (χ2n) is 8.87. The lowest BCUT2D eigenvalue weighted by molar-refractivity contribution is -0.143. The zero-order chi connectivity index (χ0) is 24.2. The summed E-state index contributed by atoms with van der Waals surface area (Å²) < 4.78 is 13.5. The van der Waals surface area contributed by atoms with Crippen molar-refractivity contribution >= 4 is 11.9 Å². The van der Waals surface area contributed by atoms with Crippen LogP contribution >= 0.6 is 0 Å². The minimum Gasteiger partial charge on any atom is -0.481 e. The lowest BCUT2D eigenvalue weighted by Crippen LogP contribution is -2.24. The molecule has 2 heterocycles. The predicted octanol–water partition coefficient (Wildman–Crippen LogP) is 3.31. The summed E-state index contributed by atoms with van der Waals surface area (Å²) in [5.41, 5.74) is 2.82. The Labute approximate surface area is 196 Å². The zero-order valence-corrected chi connectivity index (χ0v) is 19.2. The van der Waals surface area contributed by atoms with Crippen LogP contribution in [0.2, 0.25) is 0 Å². The number of rotatable bonds is 7.